The minimum absolute atomic E-state index is 0.104. The summed E-state index contributed by atoms with van der Waals surface area (Å²) in [6.07, 6.45) is 1.79. The summed E-state index contributed by atoms with van der Waals surface area (Å²) in [4.78, 5) is 11.1. The quantitative estimate of drug-likeness (QED) is 0.689. The highest BCUT2D eigenvalue weighted by Crippen LogP contribution is 2.06. The van der Waals surface area contributed by atoms with Crippen LogP contribution in [0.3, 0.4) is 0 Å². The van der Waals surface area contributed by atoms with Crippen LogP contribution in [0.5, 0.6) is 0 Å². The maximum atomic E-state index is 11.1. The molecule has 4 heteroatoms. The third kappa shape index (κ3) is 1.64. The minimum Gasteiger partial charge on any atom is -0.382 e. The second-order valence-corrected chi connectivity index (χ2v) is 2.77. The predicted molar refractivity (Wildman–Crippen MR) is 47.9 cm³/mol. The Morgan fingerprint density at radius 3 is 2.92 bits per heavy atom. The van der Waals surface area contributed by atoms with E-state index in [1.54, 1.807) is 13.1 Å². The van der Waals surface area contributed by atoms with Crippen LogP contribution in [0, 0.1) is 0 Å². The molecule has 0 fully saturated rings. The van der Waals surface area contributed by atoms with Crippen LogP contribution in [-0.4, -0.2) is 9.78 Å². The summed E-state index contributed by atoms with van der Waals surface area (Å²) in [5, 5.41) is 3.87. The molecule has 12 heavy (non-hydrogen) atoms. The molecule has 0 aliphatic heterocycles. The molecule has 0 aromatic carbocycles. The van der Waals surface area contributed by atoms with Crippen LogP contribution in [-0.2, 0) is 13.5 Å². The second kappa shape index (κ2) is 3.38. The molecule has 0 saturated carbocycles. The number of hydrogen-bond acceptors (Lipinski definition) is 3. The van der Waals surface area contributed by atoms with E-state index in [-0.39, 0.29) is 5.56 Å². The summed E-state index contributed by atoms with van der Waals surface area (Å²) in [6, 6.07) is 1.55. The Balaban J connectivity index is 3.14. The molecule has 0 unspecified atom stereocenters. The molecular formula is C8H13N3O. The molecule has 2 N–H and O–H groups in total. The fraction of sp³-hybridized carbons (Fsp3) is 0.500. The highest BCUT2D eigenvalue weighted by Gasteiger charge is 2.01. The lowest BCUT2D eigenvalue weighted by Gasteiger charge is -2.03. The van der Waals surface area contributed by atoms with E-state index < -0.39 is 0 Å². The van der Waals surface area contributed by atoms with E-state index in [2.05, 4.69) is 5.10 Å². The topological polar surface area (TPSA) is 60.9 Å². The molecule has 0 atom stereocenters. The SMILES string of the molecule is CCCc1cc(=O)n(C)nc1N. The van der Waals surface area contributed by atoms with Crippen LogP contribution in [0.1, 0.15) is 18.9 Å². The van der Waals surface area contributed by atoms with E-state index in [0.717, 1.165) is 18.4 Å². The van der Waals surface area contributed by atoms with Crippen LogP contribution in [0.4, 0.5) is 5.82 Å². The maximum absolute atomic E-state index is 11.1. The Hall–Kier alpha value is -1.32. The van der Waals surface area contributed by atoms with Crippen LogP contribution in [0.25, 0.3) is 0 Å². The van der Waals surface area contributed by atoms with Gasteiger partial charge in [0.25, 0.3) is 5.56 Å². The zero-order valence-electron chi connectivity index (χ0n) is 7.37. The van der Waals surface area contributed by atoms with Gasteiger partial charge in [0.2, 0.25) is 0 Å². The maximum Gasteiger partial charge on any atom is 0.266 e. The van der Waals surface area contributed by atoms with Gasteiger partial charge in [-0.15, -0.1) is 0 Å². The zero-order chi connectivity index (χ0) is 9.14. The highest BCUT2D eigenvalue weighted by atomic mass is 16.1. The molecule has 0 saturated heterocycles. The van der Waals surface area contributed by atoms with Gasteiger partial charge in [-0.05, 0) is 6.42 Å². The largest absolute Gasteiger partial charge is 0.382 e. The fourth-order valence-corrected chi connectivity index (χ4v) is 1.06. The van der Waals surface area contributed by atoms with E-state index >= 15 is 0 Å². The lowest BCUT2D eigenvalue weighted by Crippen LogP contribution is -2.21. The number of rotatable bonds is 2. The predicted octanol–water partition coefficient (Wildman–Crippen LogP) is 0.315. The molecule has 0 bridgehead atoms. The molecule has 4 nitrogen and oxygen atoms in total. The molecule has 0 radical (unpaired) electrons. The van der Waals surface area contributed by atoms with E-state index in [1.807, 2.05) is 6.92 Å². The molecular weight excluding hydrogens is 154 g/mol. The Kier molecular flexibility index (Phi) is 2.47. The average molecular weight is 167 g/mol. The van der Waals surface area contributed by atoms with Crippen molar-refractivity contribution < 1.29 is 0 Å². The molecule has 0 aliphatic carbocycles. The Labute approximate surface area is 71.0 Å². The lowest BCUT2D eigenvalue weighted by atomic mass is 10.2. The number of hydrogen-bond donors (Lipinski definition) is 1. The molecule has 0 spiro atoms. The monoisotopic (exact) mass is 167 g/mol. The second-order valence-electron chi connectivity index (χ2n) is 2.77. The van der Waals surface area contributed by atoms with Crippen LogP contribution >= 0.6 is 0 Å². The van der Waals surface area contributed by atoms with E-state index in [4.69, 9.17) is 5.73 Å². The Morgan fingerprint density at radius 1 is 1.67 bits per heavy atom. The average Bonchev–Trinajstić information content (AvgIpc) is 2.01. The van der Waals surface area contributed by atoms with Crippen molar-refractivity contribution in [3.05, 3.63) is 22.0 Å². The number of nitrogen functional groups attached to an aromatic ring is 1. The number of nitrogens with zero attached hydrogens (tertiary/aromatic N) is 2. The van der Waals surface area contributed by atoms with Crippen LogP contribution in [0.15, 0.2) is 10.9 Å². The summed E-state index contributed by atoms with van der Waals surface area (Å²) in [5.41, 5.74) is 6.35. The summed E-state index contributed by atoms with van der Waals surface area (Å²) in [6.45, 7) is 2.04. The van der Waals surface area contributed by atoms with E-state index in [9.17, 15) is 4.79 Å². The number of nitrogens with two attached hydrogens (primary N) is 1. The van der Waals surface area contributed by atoms with Crippen molar-refractivity contribution in [1.82, 2.24) is 9.78 Å². The lowest BCUT2D eigenvalue weighted by molar-refractivity contribution is 0.704. The summed E-state index contributed by atoms with van der Waals surface area (Å²) < 4.78 is 1.24. The summed E-state index contributed by atoms with van der Waals surface area (Å²) in [5.74, 6) is 0.457. The normalized spacial score (nSPS) is 10.2. The number of aromatic nitrogens is 2. The molecule has 0 amide bonds. The van der Waals surface area contributed by atoms with Gasteiger partial charge in [0.05, 0.1) is 0 Å². The smallest absolute Gasteiger partial charge is 0.266 e. The van der Waals surface area contributed by atoms with Gasteiger partial charge in [-0.2, -0.15) is 5.10 Å². The van der Waals surface area contributed by atoms with Crippen molar-refractivity contribution in [1.29, 1.82) is 0 Å². The van der Waals surface area contributed by atoms with Crippen molar-refractivity contribution in [2.45, 2.75) is 19.8 Å². The van der Waals surface area contributed by atoms with E-state index in [1.165, 1.54) is 4.68 Å². The van der Waals surface area contributed by atoms with Gasteiger partial charge < -0.3 is 5.73 Å². The van der Waals surface area contributed by atoms with Crippen LogP contribution in [0.2, 0.25) is 0 Å². The summed E-state index contributed by atoms with van der Waals surface area (Å²) >= 11 is 0. The van der Waals surface area contributed by atoms with Gasteiger partial charge in [-0.25, -0.2) is 4.68 Å². The van der Waals surface area contributed by atoms with Crippen molar-refractivity contribution in [3.63, 3.8) is 0 Å². The van der Waals surface area contributed by atoms with Crippen molar-refractivity contribution in [2.24, 2.45) is 7.05 Å². The van der Waals surface area contributed by atoms with Crippen LogP contribution < -0.4 is 11.3 Å². The third-order valence-electron chi connectivity index (χ3n) is 1.72. The van der Waals surface area contributed by atoms with Gasteiger partial charge in [-0.1, -0.05) is 13.3 Å². The molecule has 1 aromatic heterocycles. The number of aryl methyl sites for hydroxylation is 2. The Bertz CT molecular complexity index is 330. The van der Waals surface area contributed by atoms with Gasteiger partial charge in [0, 0.05) is 18.7 Å². The standard InChI is InChI=1S/C8H13N3O/c1-3-4-6-5-7(12)11(2)10-8(6)9/h5H,3-4H2,1-2H3,(H2,9,10). The zero-order valence-corrected chi connectivity index (χ0v) is 7.37. The molecule has 66 valence electrons. The first-order chi connectivity index (χ1) is 5.65. The highest BCUT2D eigenvalue weighted by molar-refractivity contribution is 5.36. The first-order valence-electron chi connectivity index (χ1n) is 3.98. The molecule has 1 heterocycles. The van der Waals surface area contributed by atoms with Gasteiger partial charge in [-0.3, -0.25) is 4.79 Å². The van der Waals surface area contributed by atoms with Gasteiger partial charge in [0.1, 0.15) is 5.82 Å². The summed E-state index contributed by atoms with van der Waals surface area (Å²) in [7, 11) is 1.59. The first-order valence-corrected chi connectivity index (χ1v) is 3.98. The van der Waals surface area contributed by atoms with E-state index in [0.29, 0.717) is 5.82 Å². The van der Waals surface area contributed by atoms with Crippen molar-refractivity contribution in [2.75, 3.05) is 5.73 Å². The Morgan fingerprint density at radius 2 is 2.33 bits per heavy atom. The third-order valence-corrected chi connectivity index (χ3v) is 1.72. The molecule has 1 rings (SSSR count). The first kappa shape index (κ1) is 8.77. The minimum atomic E-state index is -0.104. The van der Waals surface area contributed by atoms with Crippen molar-refractivity contribution in [3.8, 4) is 0 Å². The van der Waals surface area contributed by atoms with Gasteiger partial charge in [0.15, 0.2) is 0 Å². The number of anilines is 1. The van der Waals surface area contributed by atoms with Crippen molar-refractivity contribution >= 4 is 5.82 Å². The molecule has 0 aliphatic rings. The molecule has 1 aromatic rings. The van der Waals surface area contributed by atoms with Gasteiger partial charge >= 0.3 is 0 Å². The fourth-order valence-electron chi connectivity index (χ4n) is 1.06.